The van der Waals surface area contributed by atoms with Crippen molar-refractivity contribution in [1.82, 2.24) is 4.90 Å². The molecule has 0 atom stereocenters. The van der Waals surface area contributed by atoms with Crippen LogP contribution in [-0.2, 0) is 21.2 Å². The van der Waals surface area contributed by atoms with Gasteiger partial charge in [-0.15, -0.1) is 0 Å². The van der Waals surface area contributed by atoms with Crippen molar-refractivity contribution in [1.29, 1.82) is 5.41 Å². The van der Waals surface area contributed by atoms with Crippen LogP contribution in [0.5, 0.6) is 11.5 Å². The highest BCUT2D eigenvalue weighted by molar-refractivity contribution is 8.16. The quantitative estimate of drug-likeness (QED) is 0.476. The number of sulfone groups is 1. The Labute approximate surface area is 201 Å². The second kappa shape index (κ2) is 9.43. The number of carbonyl (C=O) groups is 1. The monoisotopic (exact) mass is 498 g/mol. The van der Waals surface area contributed by atoms with Gasteiger partial charge in [-0.05, 0) is 43.2 Å². The lowest BCUT2D eigenvalue weighted by Crippen LogP contribution is -2.46. The first-order chi connectivity index (χ1) is 16.2. The lowest BCUT2D eigenvalue weighted by atomic mass is 10.1. The second-order valence-electron chi connectivity index (χ2n) is 7.69. The molecule has 0 spiro atoms. The summed E-state index contributed by atoms with van der Waals surface area (Å²) in [7, 11) is -2.27. The molecule has 34 heavy (non-hydrogen) atoms. The summed E-state index contributed by atoms with van der Waals surface area (Å²) in [5, 5.41) is 7.56. The third-order valence-corrected chi connectivity index (χ3v) is 7.95. The maximum Gasteiger partial charge on any atom is 0.283 e. The lowest BCUT2D eigenvalue weighted by molar-refractivity contribution is -0.114. The highest BCUT2D eigenvalue weighted by Crippen LogP contribution is 2.33. The average molecular weight is 499 g/mol. The standard InChI is InChI=1S/C23H22N4O5S2/c1-14(2)34(29,30)23-26-33-22-25-21(28)17(20(24)27(22)23)11-16-9-10-18(19(12-16)31-3)32-13-15-7-5-4-6-8-15/h4-12,14,24H,13H2,1-3H3/b17-11-,24-20?. The molecule has 9 nitrogen and oxygen atoms in total. The van der Waals surface area contributed by atoms with Crippen LogP contribution >= 0.6 is 11.9 Å². The van der Waals surface area contributed by atoms with E-state index in [-0.39, 0.29) is 21.7 Å². The number of nitrogens with one attached hydrogen (secondary N) is 1. The minimum Gasteiger partial charge on any atom is -0.493 e. The molecule has 2 aliphatic heterocycles. The van der Waals surface area contributed by atoms with E-state index in [2.05, 4.69) is 9.39 Å². The zero-order chi connectivity index (χ0) is 24.5. The number of hydrogen-bond donors (Lipinski definition) is 1. The predicted octanol–water partition coefficient (Wildman–Crippen LogP) is 3.67. The molecule has 0 radical (unpaired) electrons. The molecular weight excluding hydrogens is 476 g/mol. The summed E-state index contributed by atoms with van der Waals surface area (Å²) in [4.78, 5) is 17.7. The summed E-state index contributed by atoms with van der Waals surface area (Å²) in [6.45, 7) is 3.42. The molecule has 0 aliphatic carbocycles. The van der Waals surface area contributed by atoms with Crippen LogP contribution < -0.4 is 9.47 Å². The Bertz CT molecular complexity index is 1350. The van der Waals surface area contributed by atoms with Gasteiger partial charge in [0.2, 0.25) is 20.2 Å². The molecule has 0 bridgehead atoms. The zero-order valence-electron chi connectivity index (χ0n) is 18.7. The number of carbonyl (C=O) groups excluding carboxylic acids is 1. The van der Waals surface area contributed by atoms with Gasteiger partial charge in [0.05, 0.1) is 29.9 Å². The molecule has 2 heterocycles. The van der Waals surface area contributed by atoms with E-state index in [1.807, 2.05) is 30.3 Å². The number of fused-ring (bicyclic) bond motifs is 1. The van der Waals surface area contributed by atoms with Gasteiger partial charge < -0.3 is 9.47 Å². The normalized spacial score (nSPS) is 17.1. The number of ether oxygens (including phenoxy) is 2. The largest absolute Gasteiger partial charge is 0.493 e. The summed E-state index contributed by atoms with van der Waals surface area (Å²) in [5.74, 6) is 0.0229. The van der Waals surface area contributed by atoms with Crippen molar-refractivity contribution in [2.75, 3.05) is 7.11 Å². The number of rotatable bonds is 6. The van der Waals surface area contributed by atoms with Crippen LogP contribution in [-0.4, -0.2) is 47.8 Å². The second-order valence-corrected chi connectivity index (χ2v) is 10.8. The summed E-state index contributed by atoms with van der Waals surface area (Å²) >= 11 is 0.765. The van der Waals surface area contributed by atoms with E-state index in [4.69, 9.17) is 14.9 Å². The number of amidine groups is 3. The molecule has 0 saturated carbocycles. The smallest absolute Gasteiger partial charge is 0.283 e. The van der Waals surface area contributed by atoms with Gasteiger partial charge in [0, 0.05) is 0 Å². The summed E-state index contributed by atoms with van der Waals surface area (Å²) < 4.78 is 40.7. The molecule has 2 aromatic rings. The van der Waals surface area contributed by atoms with Gasteiger partial charge in [0.15, 0.2) is 11.5 Å². The molecule has 11 heteroatoms. The summed E-state index contributed by atoms with van der Waals surface area (Å²) in [6.07, 6.45) is 1.47. The van der Waals surface area contributed by atoms with Crippen molar-refractivity contribution < 1.29 is 22.7 Å². The Balaban J connectivity index is 1.62. The summed E-state index contributed by atoms with van der Waals surface area (Å²) in [6, 6.07) is 14.8. The minimum absolute atomic E-state index is 0.0496. The molecule has 0 saturated heterocycles. The Morgan fingerprint density at radius 3 is 2.56 bits per heavy atom. The Morgan fingerprint density at radius 1 is 1.15 bits per heavy atom. The molecular formula is C23H22N4O5S2. The number of methoxy groups -OCH3 is 1. The third-order valence-electron chi connectivity index (χ3n) is 5.11. The maximum atomic E-state index is 12.7. The van der Waals surface area contributed by atoms with Gasteiger partial charge in [-0.1, -0.05) is 36.4 Å². The van der Waals surface area contributed by atoms with Gasteiger partial charge in [-0.2, -0.15) is 9.39 Å². The van der Waals surface area contributed by atoms with Crippen LogP contribution in [0.2, 0.25) is 0 Å². The molecule has 2 aliphatic rings. The van der Waals surface area contributed by atoms with Crippen molar-refractivity contribution in [2.24, 2.45) is 9.39 Å². The topological polar surface area (TPSA) is 121 Å². The van der Waals surface area contributed by atoms with Crippen molar-refractivity contribution in [2.45, 2.75) is 25.7 Å². The Hall–Kier alpha value is -3.44. The molecule has 0 fully saturated rings. The minimum atomic E-state index is -3.78. The predicted molar refractivity (Wildman–Crippen MR) is 133 cm³/mol. The van der Waals surface area contributed by atoms with E-state index in [1.165, 1.54) is 27.0 Å². The average Bonchev–Trinajstić information content (AvgIpc) is 3.26. The molecule has 0 unspecified atom stereocenters. The van der Waals surface area contributed by atoms with Crippen LogP contribution in [0, 0.1) is 5.41 Å². The van der Waals surface area contributed by atoms with Crippen molar-refractivity contribution in [3.05, 3.63) is 65.2 Å². The van der Waals surface area contributed by atoms with E-state index in [1.54, 1.807) is 18.2 Å². The zero-order valence-corrected chi connectivity index (χ0v) is 20.3. The third kappa shape index (κ3) is 4.48. The van der Waals surface area contributed by atoms with Crippen LogP contribution in [0.25, 0.3) is 6.08 Å². The highest BCUT2D eigenvalue weighted by Gasteiger charge is 2.43. The molecule has 0 aromatic heterocycles. The Kier molecular flexibility index (Phi) is 6.58. The van der Waals surface area contributed by atoms with Crippen molar-refractivity contribution in [3.63, 3.8) is 0 Å². The van der Waals surface area contributed by atoms with Gasteiger partial charge in [0.1, 0.15) is 12.4 Å². The van der Waals surface area contributed by atoms with Crippen molar-refractivity contribution in [3.8, 4) is 11.5 Å². The number of nitrogens with zero attached hydrogens (tertiary/aromatic N) is 3. The van der Waals surface area contributed by atoms with Crippen LogP contribution in [0.3, 0.4) is 0 Å². The van der Waals surface area contributed by atoms with E-state index < -0.39 is 21.0 Å². The first-order valence-electron chi connectivity index (χ1n) is 10.3. The molecule has 1 N–H and O–H groups in total. The maximum absolute atomic E-state index is 12.7. The number of benzene rings is 2. The van der Waals surface area contributed by atoms with Crippen LogP contribution in [0.4, 0.5) is 0 Å². The fraction of sp³-hybridized carbons (Fsp3) is 0.217. The van der Waals surface area contributed by atoms with E-state index in [0.29, 0.717) is 23.7 Å². The molecule has 2 aromatic carbocycles. The Morgan fingerprint density at radius 2 is 1.88 bits per heavy atom. The fourth-order valence-corrected chi connectivity index (χ4v) is 5.25. The van der Waals surface area contributed by atoms with Crippen LogP contribution in [0.15, 0.2) is 63.5 Å². The first-order valence-corrected chi connectivity index (χ1v) is 12.6. The molecule has 4 rings (SSSR count). The number of hydrogen-bond acceptors (Lipinski definition) is 8. The number of amides is 1. The number of aliphatic imine (C=N–C) groups is 1. The van der Waals surface area contributed by atoms with Gasteiger partial charge in [-0.3, -0.25) is 10.2 Å². The fourth-order valence-electron chi connectivity index (χ4n) is 3.19. The SMILES string of the molecule is COc1cc(/C=C2/C(=N)N3C(=NC2=O)SN=C3S(=O)(=O)C(C)C)ccc1OCc1ccccc1. The van der Waals surface area contributed by atoms with E-state index in [0.717, 1.165) is 22.4 Å². The highest BCUT2D eigenvalue weighted by atomic mass is 32.2. The first kappa shape index (κ1) is 23.7. The van der Waals surface area contributed by atoms with Gasteiger partial charge in [0.25, 0.3) is 5.91 Å². The van der Waals surface area contributed by atoms with Gasteiger partial charge >= 0.3 is 0 Å². The van der Waals surface area contributed by atoms with E-state index in [9.17, 15) is 13.2 Å². The van der Waals surface area contributed by atoms with Crippen molar-refractivity contribution >= 4 is 49.9 Å². The van der Waals surface area contributed by atoms with Crippen LogP contribution in [0.1, 0.15) is 25.0 Å². The lowest BCUT2D eigenvalue weighted by Gasteiger charge is -2.25. The summed E-state index contributed by atoms with van der Waals surface area (Å²) in [5.41, 5.74) is 1.51. The molecule has 1 amide bonds. The van der Waals surface area contributed by atoms with Gasteiger partial charge in [-0.25, -0.2) is 13.3 Å². The van der Waals surface area contributed by atoms with E-state index >= 15 is 0 Å². The molecule has 176 valence electrons.